The van der Waals surface area contributed by atoms with Gasteiger partial charge in [0.05, 0.1) is 42.7 Å². The summed E-state index contributed by atoms with van der Waals surface area (Å²) in [7, 11) is 5.44. The van der Waals surface area contributed by atoms with Crippen molar-refractivity contribution >= 4 is 32.5 Å². The number of fused-ring (bicyclic) bond motifs is 1. The van der Waals surface area contributed by atoms with Crippen molar-refractivity contribution in [1.29, 1.82) is 0 Å². The Labute approximate surface area is 196 Å². The average molecular weight is 501 g/mol. The number of methoxy groups -OCH3 is 6. The number of alkyl halides is 1. The Balaban J connectivity index is 2.40. The first kappa shape index (κ1) is 24.3. The number of hydrogen-bond donors (Lipinski definition) is 0. The third-order valence-electron chi connectivity index (χ3n) is 4.95. The summed E-state index contributed by atoms with van der Waals surface area (Å²) in [6, 6.07) is 0. The van der Waals surface area contributed by atoms with Gasteiger partial charge in [-0.25, -0.2) is 0 Å². The van der Waals surface area contributed by atoms with Crippen LogP contribution in [0, 0.1) is 0 Å². The molecule has 0 radical (unpaired) electrons. The van der Waals surface area contributed by atoms with E-state index in [1.54, 1.807) is 0 Å². The molecule has 0 aromatic heterocycles. The van der Waals surface area contributed by atoms with Crippen LogP contribution in [0.25, 0.3) is 0 Å². The Bertz CT molecular complexity index is 1230. The van der Waals surface area contributed by atoms with Crippen LogP contribution in [0.15, 0.2) is 35.0 Å². The van der Waals surface area contributed by atoms with Crippen LogP contribution in [0.3, 0.4) is 0 Å². The lowest BCUT2D eigenvalue weighted by molar-refractivity contribution is 0.0961. The predicted octanol–water partition coefficient (Wildman–Crippen LogP) is 2.28. The van der Waals surface area contributed by atoms with Crippen molar-refractivity contribution in [3.05, 3.63) is 40.6 Å². The molecule has 0 spiro atoms. The maximum atomic E-state index is 13.4. The van der Waals surface area contributed by atoms with Crippen molar-refractivity contribution < 1.29 is 46.4 Å². The number of Topliss-reactive ketones (excluding diaryl/α,β-unsaturated/α-hetero) is 1. The van der Waals surface area contributed by atoms with E-state index in [9.17, 15) is 13.2 Å². The SMILES string of the molecule is COC1=CC(=C2Oc3c(OC)c(OC)c(OC)c(OC)c3C(=O)C2Cl)C(=S(=O)=O)C=C1OC. The fourth-order valence-corrected chi connectivity index (χ4v) is 4.31. The molecule has 1 heterocycles. The third kappa shape index (κ3) is 3.87. The fourth-order valence-electron chi connectivity index (χ4n) is 3.50. The van der Waals surface area contributed by atoms with Gasteiger partial charge in [0.25, 0.3) is 0 Å². The molecular weight excluding hydrogens is 480 g/mol. The zero-order valence-corrected chi connectivity index (χ0v) is 20.2. The summed E-state index contributed by atoms with van der Waals surface area (Å²) in [5, 5.41) is -1.41. The Kier molecular flexibility index (Phi) is 7.13. The van der Waals surface area contributed by atoms with Crippen LogP contribution in [-0.2, 0) is 19.8 Å². The van der Waals surface area contributed by atoms with E-state index in [1.165, 1.54) is 54.8 Å². The van der Waals surface area contributed by atoms with Crippen LogP contribution in [0.2, 0.25) is 0 Å². The minimum Gasteiger partial charge on any atom is -0.493 e. The first-order valence-corrected chi connectivity index (χ1v) is 10.8. The van der Waals surface area contributed by atoms with Gasteiger partial charge in [-0.05, 0) is 6.08 Å². The number of ether oxygens (including phenoxy) is 7. The van der Waals surface area contributed by atoms with E-state index in [4.69, 9.17) is 44.8 Å². The summed E-state index contributed by atoms with van der Waals surface area (Å²) in [5.74, 6) is -0.200. The lowest BCUT2D eigenvalue weighted by atomic mass is 9.95. The minimum atomic E-state index is -2.73. The number of ketones is 1. The number of halogens is 1. The zero-order valence-electron chi connectivity index (χ0n) is 18.6. The Morgan fingerprint density at radius 3 is 1.79 bits per heavy atom. The molecule has 0 bridgehead atoms. The number of carbonyl (C=O) groups excluding carboxylic acids is 1. The minimum absolute atomic E-state index is 0.00999. The first-order valence-electron chi connectivity index (χ1n) is 9.27. The Morgan fingerprint density at radius 2 is 1.30 bits per heavy atom. The summed E-state index contributed by atoms with van der Waals surface area (Å²) in [4.78, 5) is 13.2. The van der Waals surface area contributed by atoms with Gasteiger partial charge in [0, 0.05) is 11.6 Å². The Morgan fingerprint density at radius 1 is 0.788 bits per heavy atom. The van der Waals surface area contributed by atoms with Crippen molar-refractivity contribution in [3.63, 3.8) is 0 Å². The first-order chi connectivity index (χ1) is 15.8. The second kappa shape index (κ2) is 9.67. The van der Waals surface area contributed by atoms with Gasteiger partial charge >= 0.3 is 0 Å². The molecule has 1 aliphatic carbocycles. The van der Waals surface area contributed by atoms with Gasteiger partial charge in [-0.2, -0.15) is 8.42 Å². The van der Waals surface area contributed by atoms with Crippen molar-refractivity contribution in [3.8, 4) is 28.7 Å². The van der Waals surface area contributed by atoms with Gasteiger partial charge in [-0.15, -0.1) is 11.6 Å². The maximum absolute atomic E-state index is 13.4. The van der Waals surface area contributed by atoms with Crippen molar-refractivity contribution in [2.75, 3.05) is 42.7 Å². The van der Waals surface area contributed by atoms with Gasteiger partial charge in [0.15, 0.2) is 34.2 Å². The maximum Gasteiger partial charge on any atom is 0.222 e. The van der Waals surface area contributed by atoms with Crippen molar-refractivity contribution in [2.45, 2.75) is 5.38 Å². The lowest BCUT2D eigenvalue weighted by Crippen LogP contribution is -2.30. The van der Waals surface area contributed by atoms with E-state index in [0.29, 0.717) is 0 Å². The van der Waals surface area contributed by atoms with Crippen molar-refractivity contribution in [2.24, 2.45) is 0 Å². The summed E-state index contributed by atoms with van der Waals surface area (Å²) >= 11 is 6.48. The van der Waals surface area contributed by atoms with Gasteiger partial charge in [0.2, 0.25) is 27.5 Å². The van der Waals surface area contributed by atoms with E-state index in [2.05, 4.69) is 0 Å². The van der Waals surface area contributed by atoms with Crippen molar-refractivity contribution in [1.82, 2.24) is 0 Å². The van der Waals surface area contributed by atoms with Gasteiger partial charge in [-0.3, -0.25) is 4.79 Å². The molecule has 1 atom stereocenters. The molecule has 12 heteroatoms. The van der Waals surface area contributed by atoms with Crippen LogP contribution in [-0.4, -0.2) is 67.1 Å². The second-order valence-corrected chi connectivity index (χ2v) is 7.81. The van der Waals surface area contributed by atoms with E-state index < -0.39 is 21.5 Å². The summed E-state index contributed by atoms with van der Waals surface area (Å²) in [5.41, 5.74) is -0.0307. The molecule has 178 valence electrons. The van der Waals surface area contributed by atoms with Crippen LogP contribution in [0.4, 0.5) is 0 Å². The molecule has 10 nitrogen and oxygen atoms in total. The van der Waals surface area contributed by atoms with E-state index in [-0.39, 0.29) is 62.0 Å². The normalized spacial score (nSPS) is 19.5. The molecule has 0 N–H and O–H groups in total. The highest BCUT2D eigenvalue weighted by molar-refractivity contribution is 7.73. The van der Waals surface area contributed by atoms with Gasteiger partial charge in [-0.1, -0.05) is 0 Å². The van der Waals surface area contributed by atoms with E-state index in [0.717, 1.165) is 0 Å². The zero-order chi connectivity index (χ0) is 24.4. The third-order valence-corrected chi connectivity index (χ3v) is 6.04. The Hall–Kier alpha value is -3.31. The second-order valence-electron chi connectivity index (χ2n) is 6.47. The number of hydrogen-bond acceptors (Lipinski definition) is 10. The monoisotopic (exact) mass is 500 g/mol. The summed E-state index contributed by atoms with van der Waals surface area (Å²) < 4.78 is 62.1. The van der Waals surface area contributed by atoms with Crippen LogP contribution in [0.1, 0.15) is 10.4 Å². The van der Waals surface area contributed by atoms with Crippen LogP contribution >= 0.6 is 11.6 Å². The molecule has 0 saturated heterocycles. The largest absolute Gasteiger partial charge is 0.493 e. The van der Waals surface area contributed by atoms with Gasteiger partial charge in [0.1, 0.15) is 16.2 Å². The molecular formula is C21H21ClO10S. The molecule has 1 aromatic rings. The highest BCUT2D eigenvalue weighted by atomic mass is 35.5. The average Bonchev–Trinajstić information content (AvgIpc) is 2.83. The molecule has 1 unspecified atom stereocenters. The molecule has 2 aliphatic rings. The van der Waals surface area contributed by atoms with Gasteiger partial charge < -0.3 is 33.2 Å². The molecule has 1 aliphatic heterocycles. The molecule has 0 saturated carbocycles. The number of carbonyl (C=O) groups is 1. The number of allylic oxidation sites excluding steroid dienone is 4. The summed E-state index contributed by atoms with van der Waals surface area (Å²) in [6.07, 6.45) is 2.60. The summed E-state index contributed by atoms with van der Waals surface area (Å²) in [6.45, 7) is 0. The quantitative estimate of drug-likeness (QED) is 0.327. The molecule has 0 amide bonds. The fraction of sp³-hybridized carbons (Fsp3) is 0.333. The molecule has 0 fully saturated rings. The molecule has 33 heavy (non-hydrogen) atoms. The highest BCUT2D eigenvalue weighted by Crippen LogP contribution is 2.56. The smallest absolute Gasteiger partial charge is 0.222 e. The lowest BCUT2D eigenvalue weighted by Gasteiger charge is -2.29. The predicted molar refractivity (Wildman–Crippen MR) is 118 cm³/mol. The van der Waals surface area contributed by atoms with Crippen LogP contribution < -0.4 is 23.7 Å². The highest BCUT2D eigenvalue weighted by Gasteiger charge is 2.43. The van der Waals surface area contributed by atoms with E-state index in [1.807, 2.05) is 0 Å². The topological polar surface area (TPSA) is 116 Å². The molecule has 3 rings (SSSR count). The number of rotatable bonds is 6. The molecule has 1 aromatic carbocycles. The number of benzene rings is 1. The van der Waals surface area contributed by atoms with E-state index >= 15 is 0 Å². The standard InChI is InChI=1S/C21H21ClO10S/c1-26-10-7-9(12(33(24)25)8-11(10)27-2)16-14(22)15(23)13-17(28-3)19(29-4)21(31-6)20(30-5)18(13)32-16/h7-8,14H,1-6H3. The van der Waals surface area contributed by atoms with Crippen LogP contribution in [0.5, 0.6) is 28.7 Å².